The molecule has 2 aromatic carbocycles. The van der Waals surface area contributed by atoms with Gasteiger partial charge < -0.3 is 18.8 Å². The van der Waals surface area contributed by atoms with Crippen LogP contribution in [0.1, 0.15) is 49.1 Å². The summed E-state index contributed by atoms with van der Waals surface area (Å²) in [4.78, 5) is 0. The second kappa shape index (κ2) is 10.7. The van der Waals surface area contributed by atoms with Gasteiger partial charge in [-0.1, -0.05) is 78.0 Å². The first kappa shape index (κ1) is 25.1. The Balaban J connectivity index is 1.45. The van der Waals surface area contributed by atoms with E-state index >= 15 is 0 Å². The Hall–Kier alpha value is -2.05. The molecule has 1 unspecified atom stereocenters. The molecule has 1 atom stereocenters. The van der Waals surface area contributed by atoms with Gasteiger partial charge in [-0.05, 0) is 36.5 Å². The second-order valence-corrected chi connectivity index (χ2v) is 10.7. The summed E-state index contributed by atoms with van der Waals surface area (Å²) >= 11 is 12.0. The van der Waals surface area contributed by atoms with E-state index in [0.29, 0.717) is 39.1 Å². The lowest BCUT2D eigenvalue weighted by molar-refractivity contribution is -0.904. The van der Waals surface area contributed by atoms with Crippen LogP contribution in [0.5, 0.6) is 5.75 Å². The summed E-state index contributed by atoms with van der Waals surface area (Å²) in [6.45, 7) is 1.90. The summed E-state index contributed by atoms with van der Waals surface area (Å²) < 4.78 is 12.3. The minimum atomic E-state index is -1.14. The number of hydrogen-bond donors (Lipinski definition) is 1. The van der Waals surface area contributed by atoms with Gasteiger partial charge in [0.15, 0.2) is 5.76 Å². The van der Waals surface area contributed by atoms with Crippen molar-refractivity contribution in [2.45, 2.75) is 44.2 Å². The second-order valence-electron chi connectivity index (χ2n) is 9.89. The Kier molecular flexibility index (Phi) is 7.88. The molecule has 0 bridgehead atoms. The van der Waals surface area contributed by atoms with E-state index in [1.54, 1.807) is 12.1 Å². The predicted octanol–water partition coefficient (Wildman–Crippen LogP) is 6.45. The zero-order valence-electron chi connectivity index (χ0n) is 19.8. The molecule has 0 saturated heterocycles. The number of halogens is 2. The topological polar surface area (TPSA) is 55.5 Å². The molecule has 0 aliphatic heterocycles. The first-order valence-electron chi connectivity index (χ1n) is 11.9. The molecule has 1 heterocycles. The van der Waals surface area contributed by atoms with Crippen molar-refractivity contribution >= 4 is 23.2 Å². The molecule has 34 heavy (non-hydrogen) atoms. The summed E-state index contributed by atoms with van der Waals surface area (Å²) in [5.41, 5.74) is 0.343. The Bertz CT molecular complexity index is 1080. The minimum absolute atomic E-state index is 0.128. The molecule has 7 heteroatoms. The van der Waals surface area contributed by atoms with Crippen LogP contribution in [-0.4, -0.2) is 42.0 Å². The van der Waals surface area contributed by atoms with Crippen molar-refractivity contribution in [3.05, 3.63) is 81.7 Å². The molecule has 0 radical (unpaired) electrons. The average molecular weight is 504 g/mol. The lowest BCUT2D eigenvalue weighted by atomic mass is 9.71. The average Bonchev–Trinajstić information content (AvgIpc) is 3.30. The highest BCUT2D eigenvalue weighted by molar-refractivity contribution is 6.42. The van der Waals surface area contributed by atoms with E-state index in [-0.39, 0.29) is 5.92 Å². The molecule has 1 aliphatic carbocycles. The fraction of sp³-hybridized carbons (Fsp3) is 0.444. The van der Waals surface area contributed by atoms with Crippen LogP contribution in [0.25, 0.3) is 0 Å². The van der Waals surface area contributed by atoms with Gasteiger partial charge in [0.05, 0.1) is 24.1 Å². The maximum absolute atomic E-state index is 12.0. The number of rotatable bonds is 9. The van der Waals surface area contributed by atoms with Crippen LogP contribution in [0.4, 0.5) is 0 Å². The molecule has 1 aliphatic rings. The summed E-state index contributed by atoms with van der Waals surface area (Å²) in [6, 6.07) is 17.1. The van der Waals surface area contributed by atoms with Crippen LogP contribution in [0.15, 0.2) is 59.1 Å². The summed E-state index contributed by atoms with van der Waals surface area (Å²) in [7, 11) is 4.23. The zero-order chi connectivity index (χ0) is 24.2. The summed E-state index contributed by atoms with van der Waals surface area (Å²) in [5.74, 6) is 1.57. The van der Waals surface area contributed by atoms with Gasteiger partial charge in [0, 0.05) is 12.1 Å². The smallest absolute Gasteiger partial charge is 0.191 e. The third kappa shape index (κ3) is 5.77. The maximum Gasteiger partial charge on any atom is 0.191 e. The van der Waals surface area contributed by atoms with Crippen molar-refractivity contribution in [1.82, 2.24) is 5.16 Å². The van der Waals surface area contributed by atoms with Gasteiger partial charge in [-0.2, -0.15) is 0 Å². The zero-order valence-corrected chi connectivity index (χ0v) is 21.4. The van der Waals surface area contributed by atoms with Crippen molar-refractivity contribution < 1.29 is 18.8 Å². The Morgan fingerprint density at radius 2 is 1.76 bits per heavy atom. The first-order valence-corrected chi connectivity index (χ1v) is 12.7. The van der Waals surface area contributed by atoms with E-state index in [0.717, 1.165) is 43.6 Å². The Morgan fingerprint density at radius 1 is 1.03 bits per heavy atom. The molecule has 1 saturated carbocycles. The van der Waals surface area contributed by atoms with Crippen molar-refractivity contribution in [1.29, 1.82) is 0 Å². The fourth-order valence-corrected chi connectivity index (χ4v) is 5.14. The highest BCUT2D eigenvalue weighted by Crippen LogP contribution is 2.43. The monoisotopic (exact) mass is 503 g/mol. The van der Waals surface area contributed by atoms with Crippen LogP contribution >= 0.6 is 23.2 Å². The summed E-state index contributed by atoms with van der Waals surface area (Å²) in [5, 5.41) is 17.4. The number of ether oxygens (including phenoxy) is 1. The van der Waals surface area contributed by atoms with Crippen molar-refractivity contribution in [3.63, 3.8) is 0 Å². The quantitative estimate of drug-likeness (QED) is 0.340. The van der Waals surface area contributed by atoms with Gasteiger partial charge >= 0.3 is 0 Å². The molecule has 4 rings (SSSR count). The van der Waals surface area contributed by atoms with E-state index in [1.807, 2.05) is 42.5 Å². The number of quaternary nitrogens is 1. The lowest BCUT2D eigenvalue weighted by Gasteiger charge is -2.37. The maximum atomic E-state index is 12.0. The Labute approximate surface area is 211 Å². The number of benzene rings is 2. The molecule has 3 aromatic rings. The van der Waals surface area contributed by atoms with Crippen LogP contribution in [0.3, 0.4) is 0 Å². The molecular formula is C27H33Cl2N2O3+. The highest BCUT2D eigenvalue weighted by atomic mass is 35.5. The number of aliphatic hydroxyl groups is 1. The van der Waals surface area contributed by atoms with Gasteiger partial charge in [0.2, 0.25) is 0 Å². The molecule has 1 aromatic heterocycles. The fourth-order valence-electron chi connectivity index (χ4n) is 4.85. The lowest BCUT2D eigenvalue weighted by Crippen LogP contribution is -2.42. The SMILES string of the molecule is C[N+](C)(CCOc1ccc(Cl)c(Cl)c1)Cc1cc(C(O)(c2ccccc2)C2CCCCC2)no1. The molecule has 182 valence electrons. The van der Waals surface area contributed by atoms with Crippen LogP contribution in [0.2, 0.25) is 10.0 Å². The standard InChI is InChI=1S/C27H33Cl2N2O3/c1-31(2,15-16-33-22-13-14-24(28)25(29)17-22)19-23-18-26(30-34-23)27(32,20-9-5-3-6-10-20)21-11-7-4-8-12-21/h3,5-6,9-10,13-14,17-18,21,32H,4,7-8,11-12,15-16,19H2,1-2H3/q+1. The van der Waals surface area contributed by atoms with E-state index < -0.39 is 5.60 Å². The molecule has 1 N–H and O–H groups in total. The van der Waals surface area contributed by atoms with Crippen molar-refractivity contribution in [2.24, 2.45) is 5.92 Å². The van der Waals surface area contributed by atoms with Gasteiger partial charge in [0.1, 0.15) is 36.7 Å². The van der Waals surface area contributed by atoms with Gasteiger partial charge in [-0.25, -0.2) is 0 Å². The Morgan fingerprint density at radius 3 is 2.47 bits per heavy atom. The van der Waals surface area contributed by atoms with Crippen molar-refractivity contribution in [3.8, 4) is 5.75 Å². The number of aromatic nitrogens is 1. The van der Waals surface area contributed by atoms with E-state index in [2.05, 4.69) is 19.3 Å². The van der Waals surface area contributed by atoms with Crippen LogP contribution < -0.4 is 4.74 Å². The van der Waals surface area contributed by atoms with Crippen LogP contribution in [-0.2, 0) is 12.1 Å². The third-order valence-corrected chi connectivity index (χ3v) is 7.54. The molecule has 5 nitrogen and oxygen atoms in total. The largest absolute Gasteiger partial charge is 0.488 e. The third-order valence-electron chi connectivity index (χ3n) is 6.80. The first-order chi connectivity index (χ1) is 16.3. The summed E-state index contributed by atoms with van der Waals surface area (Å²) in [6.07, 6.45) is 5.46. The van der Waals surface area contributed by atoms with E-state index in [4.69, 9.17) is 32.5 Å². The van der Waals surface area contributed by atoms with Gasteiger partial charge in [-0.15, -0.1) is 0 Å². The molecule has 1 fully saturated rings. The van der Waals surface area contributed by atoms with E-state index in [1.165, 1.54) is 6.42 Å². The molecular weight excluding hydrogens is 471 g/mol. The van der Waals surface area contributed by atoms with Crippen LogP contribution in [0, 0.1) is 5.92 Å². The van der Waals surface area contributed by atoms with E-state index in [9.17, 15) is 5.11 Å². The minimum Gasteiger partial charge on any atom is -0.488 e. The number of likely N-dealkylation sites (N-methyl/N-ethyl adjacent to an activating group) is 1. The molecule has 0 spiro atoms. The van der Waals surface area contributed by atoms with Gasteiger partial charge in [0.25, 0.3) is 0 Å². The highest BCUT2D eigenvalue weighted by Gasteiger charge is 2.43. The predicted molar refractivity (Wildman–Crippen MR) is 135 cm³/mol. The number of nitrogens with zero attached hydrogens (tertiary/aromatic N) is 2. The van der Waals surface area contributed by atoms with Crippen molar-refractivity contribution in [2.75, 3.05) is 27.2 Å². The number of hydrogen-bond acceptors (Lipinski definition) is 4. The van der Waals surface area contributed by atoms with Gasteiger partial charge in [-0.3, -0.25) is 0 Å². The molecule has 0 amide bonds. The normalized spacial score (nSPS) is 16.9.